The lowest BCUT2D eigenvalue weighted by atomic mass is 10.1. The number of hydrogen-bond acceptors (Lipinski definition) is 4. The number of para-hydroxylation sites is 1. The minimum absolute atomic E-state index is 0.0482. The van der Waals surface area contributed by atoms with Crippen LogP contribution in [0.25, 0.3) is 0 Å². The van der Waals surface area contributed by atoms with Crippen LogP contribution in [0, 0.1) is 13.8 Å². The monoisotopic (exact) mass is 449 g/mol. The number of hydrogen-bond donors (Lipinski definition) is 1. The molecule has 0 bridgehead atoms. The Morgan fingerprint density at radius 1 is 1.03 bits per heavy atom. The zero-order chi connectivity index (χ0) is 21.7. The fourth-order valence-corrected chi connectivity index (χ4v) is 3.84. The van der Waals surface area contributed by atoms with E-state index in [4.69, 9.17) is 27.9 Å². The van der Waals surface area contributed by atoms with Crippen molar-refractivity contribution in [2.24, 2.45) is 0 Å². The summed E-state index contributed by atoms with van der Waals surface area (Å²) in [6.07, 6.45) is 0. The van der Waals surface area contributed by atoms with Crippen molar-refractivity contribution in [3.63, 3.8) is 0 Å². The Hall–Kier alpha value is -2.28. The summed E-state index contributed by atoms with van der Waals surface area (Å²) in [7, 11) is 0. The summed E-state index contributed by atoms with van der Waals surface area (Å²) in [5.41, 5.74) is 2.95. The highest BCUT2D eigenvalue weighted by Crippen LogP contribution is 2.27. The van der Waals surface area contributed by atoms with Crippen molar-refractivity contribution in [3.05, 3.63) is 57.6 Å². The summed E-state index contributed by atoms with van der Waals surface area (Å²) in [4.78, 5) is 28.7. The van der Waals surface area contributed by atoms with Crippen LogP contribution >= 0.6 is 23.2 Å². The molecule has 2 aromatic carbocycles. The highest BCUT2D eigenvalue weighted by molar-refractivity contribution is 6.35. The topological polar surface area (TPSA) is 61.9 Å². The van der Waals surface area contributed by atoms with Crippen molar-refractivity contribution in [3.8, 4) is 5.75 Å². The summed E-state index contributed by atoms with van der Waals surface area (Å²) < 4.78 is 5.53. The first-order valence-electron chi connectivity index (χ1n) is 9.77. The first-order chi connectivity index (χ1) is 14.3. The van der Waals surface area contributed by atoms with Crippen LogP contribution in [0.5, 0.6) is 5.75 Å². The molecule has 1 fully saturated rings. The average Bonchev–Trinajstić information content (AvgIpc) is 2.70. The third kappa shape index (κ3) is 5.88. The lowest BCUT2D eigenvalue weighted by molar-refractivity contribution is -0.135. The zero-order valence-electron chi connectivity index (χ0n) is 17.1. The molecule has 0 aliphatic carbocycles. The van der Waals surface area contributed by atoms with Gasteiger partial charge in [0.1, 0.15) is 5.75 Å². The SMILES string of the molecule is Cc1cccc(C)c1NC(=O)CN1CCN(C(=O)COc2ccc(Cl)cc2Cl)CC1. The van der Waals surface area contributed by atoms with E-state index in [9.17, 15) is 9.59 Å². The molecule has 1 aliphatic heterocycles. The van der Waals surface area contributed by atoms with Gasteiger partial charge in [-0.3, -0.25) is 14.5 Å². The second kappa shape index (κ2) is 10.2. The molecule has 6 nitrogen and oxygen atoms in total. The Morgan fingerprint density at radius 2 is 1.70 bits per heavy atom. The fraction of sp³-hybridized carbons (Fsp3) is 0.364. The number of ether oxygens (including phenoxy) is 1. The number of aryl methyl sites for hydroxylation is 2. The molecule has 1 N–H and O–H groups in total. The van der Waals surface area contributed by atoms with Gasteiger partial charge >= 0.3 is 0 Å². The van der Waals surface area contributed by atoms with E-state index in [1.54, 1.807) is 23.1 Å². The number of anilines is 1. The summed E-state index contributed by atoms with van der Waals surface area (Å²) in [6.45, 7) is 6.53. The molecule has 0 radical (unpaired) electrons. The van der Waals surface area contributed by atoms with Crippen LogP contribution in [0.2, 0.25) is 10.0 Å². The van der Waals surface area contributed by atoms with E-state index in [1.807, 2.05) is 36.9 Å². The van der Waals surface area contributed by atoms with Gasteiger partial charge in [0.15, 0.2) is 6.61 Å². The van der Waals surface area contributed by atoms with Crippen LogP contribution in [0.4, 0.5) is 5.69 Å². The number of piperazine rings is 1. The minimum atomic E-state index is -0.111. The second-order valence-corrected chi connectivity index (χ2v) is 8.18. The molecule has 0 aromatic heterocycles. The van der Waals surface area contributed by atoms with Crippen LogP contribution in [-0.4, -0.2) is 60.9 Å². The van der Waals surface area contributed by atoms with Crippen LogP contribution < -0.4 is 10.1 Å². The molecule has 0 atom stereocenters. The highest BCUT2D eigenvalue weighted by Gasteiger charge is 2.23. The van der Waals surface area contributed by atoms with Gasteiger partial charge in [0, 0.05) is 36.9 Å². The lowest BCUT2D eigenvalue weighted by Gasteiger charge is -2.34. The number of carbonyl (C=O) groups is 2. The van der Waals surface area contributed by atoms with E-state index in [0.29, 0.717) is 48.5 Å². The minimum Gasteiger partial charge on any atom is -0.482 e. The molecule has 30 heavy (non-hydrogen) atoms. The van der Waals surface area contributed by atoms with E-state index in [-0.39, 0.29) is 18.4 Å². The number of carbonyl (C=O) groups excluding carboxylic acids is 2. The number of amides is 2. The largest absolute Gasteiger partial charge is 0.482 e. The molecule has 2 amide bonds. The third-order valence-corrected chi connectivity index (χ3v) is 5.61. The molecule has 2 aromatic rings. The molecule has 1 aliphatic rings. The van der Waals surface area contributed by atoms with E-state index in [2.05, 4.69) is 5.32 Å². The quantitative estimate of drug-likeness (QED) is 0.728. The summed E-state index contributed by atoms with van der Waals surface area (Å²) in [5.74, 6) is 0.268. The maximum Gasteiger partial charge on any atom is 0.260 e. The normalized spacial score (nSPS) is 14.5. The number of benzene rings is 2. The molecule has 0 spiro atoms. The second-order valence-electron chi connectivity index (χ2n) is 7.34. The number of nitrogens with zero attached hydrogens (tertiary/aromatic N) is 2. The van der Waals surface area contributed by atoms with Gasteiger partial charge in [-0.05, 0) is 43.2 Å². The van der Waals surface area contributed by atoms with Crippen LogP contribution in [-0.2, 0) is 9.59 Å². The third-order valence-electron chi connectivity index (χ3n) is 5.08. The van der Waals surface area contributed by atoms with E-state index >= 15 is 0 Å². The first kappa shape index (κ1) is 22.4. The Kier molecular flexibility index (Phi) is 7.58. The molecule has 1 heterocycles. The number of rotatable bonds is 6. The Balaban J connectivity index is 1.44. The van der Waals surface area contributed by atoms with Crippen LogP contribution in [0.1, 0.15) is 11.1 Å². The molecule has 1 saturated heterocycles. The van der Waals surface area contributed by atoms with E-state index in [0.717, 1.165) is 16.8 Å². The average molecular weight is 450 g/mol. The van der Waals surface area contributed by atoms with Gasteiger partial charge in [-0.15, -0.1) is 0 Å². The van der Waals surface area contributed by atoms with Gasteiger partial charge in [0.05, 0.1) is 11.6 Å². The van der Waals surface area contributed by atoms with Crippen molar-refractivity contribution < 1.29 is 14.3 Å². The molecular weight excluding hydrogens is 425 g/mol. The van der Waals surface area contributed by atoms with Crippen molar-refractivity contribution in [2.75, 3.05) is 44.6 Å². The number of nitrogens with one attached hydrogen (secondary N) is 1. The Bertz CT molecular complexity index is 908. The molecule has 0 saturated carbocycles. The molecule has 8 heteroatoms. The van der Waals surface area contributed by atoms with Gasteiger partial charge in [0.25, 0.3) is 5.91 Å². The van der Waals surface area contributed by atoms with E-state index < -0.39 is 0 Å². The summed E-state index contributed by atoms with van der Waals surface area (Å²) in [5, 5.41) is 3.89. The maximum absolute atomic E-state index is 12.4. The van der Waals surface area contributed by atoms with Crippen molar-refractivity contribution in [1.29, 1.82) is 0 Å². The predicted octanol–water partition coefficient (Wildman–Crippen LogP) is 3.77. The predicted molar refractivity (Wildman–Crippen MR) is 120 cm³/mol. The van der Waals surface area contributed by atoms with Crippen molar-refractivity contribution in [2.45, 2.75) is 13.8 Å². The Labute approximate surface area is 186 Å². The van der Waals surface area contributed by atoms with Crippen molar-refractivity contribution in [1.82, 2.24) is 9.80 Å². The van der Waals surface area contributed by atoms with Gasteiger partial charge in [0.2, 0.25) is 5.91 Å². The highest BCUT2D eigenvalue weighted by atomic mass is 35.5. The maximum atomic E-state index is 12.4. The summed E-state index contributed by atoms with van der Waals surface area (Å²) >= 11 is 11.9. The smallest absolute Gasteiger partial charge is 0.260 e. The van der Waals surface area contributed by atoms with Gasteiger partial charge < -0.3 is 15.0 Å². The standard InChI is InChI=1S/C22H25Cl2N3O3/c1-15-4-3-5-16(2)22(15)25-20(28)13-26-8-10-27(11-9-26)21(29)14-30-19-7-6-17(23)12-18(19)24/h3-7,12H,8-11,13-14H2,1-2H3,(H,25,28). The van der Waals surface area contributed by atoms with E-state index in [1.165, 1.54) is 0 Å². The van der Waals surface area contributed by atoms with Crippen molar-refractivity contribution >= 4 is 40.7 Å². The molecular formula is C22H25Cl2N3O3. The first-order valence-corrected chi connectivity index (χ1v) is 10.5. The van der Waals surface area contributed by atoms with Gasteiger partial charge in [-0.2, -0.15) is 0 Å². The molecule has 160 valence electrons. The fourth-order valence-electron chi connectivity index (χ4n) is 3.37. The number of halogens is 2. The van der Waals surface area contributed by atoms with Crippen LogP contribution in [0.15, 0.2) is 36.4 Å². The van der Waals surface area contributed by atoms with Gasteiger partial charge in [-0.1, -0.05) is 41.4 Å². The zero-order valence-corrected chi connectivity index (χ0v) is 18.6. The molecule has 0 unspecified atom stereocenters. The van der Waals surface area contributed by atoms with Gasteiger partial charge in [-0.25, -0.2) is 0 Å². The summed E-state index contributed by atoms with van der Waals surface area (Å²) in [6, 6.07) is 10.8. The lowest BCUT2D eigenvalue weighted by Crippen LogP contribution is -2.51. The Morgan fingerprint density at radius 3 is 2.33 bits per heavy atom. The molecule has 3 rings (SSSR count). The van der Waals surface area contributed by atoms with Crippen LogP contribution in [0.3, 0.4) is 0 Å².